The van der Waals surface area contributed by atoms with E-state index in [1.165, 1.54) is 16.7 Å². The minimum absolute atomic E-state index is 0.0120. The first-order valence-electron chi connectivity index (χ1n) is 10.3. The van der Waals surface area contributed by atoms with E-state index in [0.717, 1.165) is 5.56 Å². The molecule has 0 amide bonds. The van der Waals surface area contributed by atoms with Gasteiger partial charge in [-0.2, -0.15) is 0 Å². The highest BCUT2D eigenvalue weighted by atomic mass is 16.7. The van der Waals surface area contributed by atoms with Gasteiger partial charge in [-0.3, -0.25) is 24.5 Å². The minimum atomic E-state index is -0.632. The fourth-order valence-electron chi connectivity index (χ4n) is 3.86. The summed E-state index contributed by atoms with van der Waals surface area (Å²) in [6.45, 7) is 2.66. The van der Waals surface area contributed by atoms with Crippen LogP contribution in [-0.2, 0) is 24.4 Å². The zero-order chi connectivity index (χ0) is 23.5. The first kappa shape index (κ1) is 22.1. The number of aromatic nitrogens is 2. The molecule has 172 valence electrons. The van der Waals surface area contributed by atoms with E-state index in [-0.39, 0.29) is 43.7 Å². The Kier molecular flexibility index (Phi) is 6.13. The highest BCUT2D eigenvalue weighted by Crippen LogP contribution is 2.34. The van der Waals surface area contributed by atoms with Gasteiger partial charge in [0.15, 0.2) is 6.79 Å². The maximum atomic E-state index is 12.8. The second kappa shape index (κ2) is 9.17. The van der Waals surface area contributed by atoms with Crippen molar-refractivity contribution in [3.05, 3.63) is 90.1 Å². The molecular formula is C22H23N5O6. The summed E-state index contributed by atoms with van der Waals surface area (Å²) in [6.07, 6.45) is 0. The van der Waals surface area contributed by atoms with Gasteiger partial charge in [0, 0.05) is 36.3 Å². The van der Waals surface area contributed by atoms with Gasteiger partial charge in [-0.05, 0) is 12.5 Å². The van der Waals surface area contributed by atoms with Crippen molar-refractivity contribution in [2.24, 2.45) is 0 Å². The van der Waals surface area contributed by atoms with Gasteiger partial charge in [-0.1, -0.05) is 30.3 Å². The second-order valence-electron chi connectivity index (χ2n) is 7.54. The molecular weight excluding hydrogens is 430 g/mol. The van der Waals surface area contributed by atoms with Gasteiger partial charge >= 0.3 is 5.69 Å². The second-order valence-corrected chi connectivity index (χ2v) is 7.54. The molecule has 2 aromatic carbocycles. The van der Waals surface area contributed by atoms with E-state index in [9.17, 15) is 19.7 Å². The van der Waals surface area contributed by atoms with Gasteiger partial charge in [-0.25, -0.2) is 4.79 Å². The normalized spacial score (nSPS) is 12.6. The Bertz CT molecular complexity index is 1300. The van der Waals surface area contributed by atoms with Crippen LogP contribution < -0.4 is 26.6 Å². The molecule has 0 spiro atoms. The van der Waals surface area contributed by atoms with Crippen LogP contribution in [0.3, 0.4) is 0 Å². The zero-order valence-corrected chi connectivity index (χ0v) is 17.9. The van der Waals surface area contributed by atoms with Crippen LogP contribution in [0.5, 0.6) is 5.75 Å². The molecule has 3 N–H and O–H groups in total. The average molecular weight is 453 g/mol. The van der Waals surface area contributed by atoms with E-state index in [4.69, 9.17) is 15.2 Å². The first-order valence-corrected chi connectivity index (χ1v) is 10.3. The van der Waals surface area contributed by atoms with E-state index in [1.807, 2.05) is 37.3 Å². The number of anilines is 2. The third-order valence-corrected chi connectivity index (χ3v) is 5.44. The molecule has 0 bridgehead atoms. The Hall–Kier alpha value is -4.12. The maximum absolute atomic E-state index is 12.8. The first-order chi connectivity index (χ1) is 15.9. The van der Waals surface area contributed by atoms with Crippen LogP contribution in [-0.4, -0.2) is 27.8 Å². The molecule has 0 saturated heterocycles. The molecule has 1 aromatic heterocycles. The summed E-state index contributed by atoms with van der Waals surface area (Å²) < 4.78 is 12.2. The molecule has 3 aromatic rings. The van der Waals surface area contributed by atoms with Crippen molar-refractivity contribution in [3.8, 4) is 5.75 Å². The summed E-state index contributed by atoms with van der Waals surface area (Å²) in [5.41, 5.74) is 6.99. The monoisotopic (exact) mass is 453 g/mol. The van der Waals surface area contributed by atoms with E-state index < -0.39 is 16.2 Å². The molecule has 0 saturated carbocycles. The fourth-order valence-corrected chi connectivity index (χ4v) is 3.86. The number of ether oxygens (including phenoxy) is 2. The lowest BCUT2D eigenvalue weighted by Gasteiger charge is -2.27. The van der Waals surface area contributed by atoms with Crippen molar-refractivity contribution in [2.45, 2.75) is 26.6 Å². The number of nitrogen functional groups attached to an aromatic ring is 1. The number of benzene rings is 2. The SMILES string of the molecule is CCN(Cc1cc([N+](=O)[O-])cc2c1OCOC2)c1c(N)n(Cc2ccccc2)c(=O)[nH]c1=O. The Balaban J connectivity index is 1.77. The number of nitrogens with two attached hydrogens (primary N) is 1. The van der Waals surface area contributed by atoms with Gasteiger partial charge in [0.2, 0.25) is 0 Å². The topological polar surface area (TPSA) is 146 Å². The molecule has 11 nitrogen and oxygen atoms in total. The predicted octanol–water partition coefficient (Wildman–Crippen LogP) is 1.97. The average Bonchev–Trinajstić information content (AvgIpc) is 2.81. The van der Waals surface area contributed by atoms with Crippen molar-refractivity contribution in [1.29, 1.82) is 0 Å². The highest BCUT2D eigenvalue weighted by molar-refractivity contribution is 5.63. The summed E-state index contributed by atoms with van der Waals surface area (Å²) in [6, 6.07) is 12.1. The number of aromatic amines is 1. The zero-order valence-electron chi connectivity index (χ0n) is 17.9. The standard InChI is InChI=1S/C22H23N5O6/c1-2-25(11-15-8-17(27(30)31)9-16-12-32-13-33-19(15)16)18-20(23)26(22(29)24-21(18)28)10-14-6-4-3-5-7-14/h3-9H,2,10-13,23H2,1H3,(H,24,28,29). The van der Waals surface area contributed by atoms with Crippen LogP contribution in [0.25, 0.3) is 0 Å². The maximum Gasteiger partial charge on any atom is 0.330 e. The van der Waals surface area contributed by atoms with E-state index >= 15 is 0 Å². The molecule has 0 fully saturated rings. The van der Waals surface area contributed by atoms with Crippen LogP contribution in [0.15, 0.2) is 52.1 Å². The molecule has 0 unspecified atom stereocenters. The van der Waals surface area contributed by atoms with Crippen molar-refractivity contribution in [2.75, 3.05) is 24.0 Å². The molecule has 4 rings (SSSR count). The number of nitro groups is 1. The highest BCUT2D eigenvalue weighted by Gasteiger charge is 2.24. The Labute approximate surface area is 188 Å². The largest absolute Gasteiger partial charge is 0.467 e. The summed E-state index contributed by atoms with van der Waals surface area (Å²) in [4.78, 5) is 40.2. The molecule has 0 radical (unpaired) electrons. The lowest BCUT2D eigenvalue weighted by atomic mass is 10.1. The van der Waals surface area contributed by atoms with E-state index in [0.29, 0.717) is 23.4 Å². The molecule has 0 aliphatic carbocycles. The number of hydrogen-bond acceptors (Lipinski definition) is 8. The summed E-state index contributed by atoms with van der Waals surface area (Å²) in [7, 11) is 0. The smallest absolute Gasteiger partial charge is 0.330 e. The molecule has 11 heteroatoms. The predicted molar refractivity (Wildman–Crippen MR) is 121 cm³/mol. The van der Waals surface area contributed by atoms with Crippen LogP contribution >= 0.6 is 0 Å². The van der Waals surface area contributed by atoms with Gasteiger partial charge in [-0.15, -0.1) is 0 Å². The Morgan fingerprint density at radius 1 is 1.24 bits per heavy atom. The van der Waals surface area contributed by atoms with Gasteiger partial charge in [0.25, 0.3) is 11.2 Å². The molecule has 0 atom stereocenters. The van der Waals surface area contributed by atoms with Crippen LogP contribution in [0, 0.1) is 10.1 Å². The van der Waals surface area contributed by atoms with Gasteiger partial charge < -0.3 is 20.1 Å². The number of nitrogens with one attached hydrogen (secondary N) is 1. The number of fused-ring (bicyclic) bond motifs is 1. The summed E-state index contributed by atoms with van der Waals surface area (Å²) >= 11 is 0. The lowest BCUT2D eigenvalue weighted by molar-refractivity contribution is -0.385. The Morgan fingerprint density at radius 3 is 2.70 bits per heavy atom. The lowest BCUT2D eigenvalue weighted by Crippen LogP contribution is -2.38. The van der Waals surface area contributed by atoms with E-state index in [1.54, 1.807) is 4.90 Å². The van der Waals surface area contributed by atoms with Crippen molar-refractivity contribution >= 4 is 17.2 Å². The van der Waals surface area contributed by atoms with E-state index in [2.05, 4.69) is 4.98 Å². The van der Waals surface area contributed by atoms with Crippen LogP contribution in [0.1, 0.15) is 23.6 Å². The third kappa shape index (κ3) is 4.44. The Morgan fingerprint density at radius 2 is 2.00 bits per heavy atom. The number of hydrogen-bond donors (Lipinski definition) is 2. The fraction of sp³-hybridized carbons (Fsp3) is 0.273. The number of nitro benzene ring substituents is 1. The molecule has 2 heterocycles. The minimum Gasteiger partial charge on any atom is -0.467 e. The van der Waals surface area contributed by atoms with Gasteiger partial charge in [0.1, 0.15) is 17.3 Å². The summed E-state index contributed by atoms with van der Waals surface area (Å²) in [5.74, 6) is 0.496. The number of rotatable bonds is 7. The quantitative estimate of drug-likeness (QED) is 0.408. The van der Waals surface area contributed by atoms with Crippen molar-refractivity contribution in [1.82, 2.24) is 9.55 Å². The van der Waals surface area contributed by atoms with Crippen molar-refractivity contribution in [3.63, 3.8) is 0 Å². The van der Waals surface area contributed by atoms with Crippen molar-refractivity contribution < 1.29 is 14.4 Å². The third-order valence-electron chi connectivity index (χ3n) is 5.44. The van der Waals surface area contributed by atoms with Gasteiger partial charge in [0.05, 0.1) is 18.1 Å². The molecule has 33 heavy (non-hydrogen) atoms. The molecule has 1 aliphatic rings. The van der Waals surface area contributed by atoms with Crippen LogP contribution in [0.4, 0.5) is 17.2 Å². The molecule has 1 aliphatic heterocycles. The number of nitrogens with zero attached hydrogens (tertiary/aromatic N) is 3. The number of H-pyrrole nitrogens is 1. The van der Waals surface area contributed by atoms with Crippen LogP contribution in [0.2, 0.25) is 0 Å². The summed E-state index contributed by atoms with van der Waals surface area (Å²) in [5, 5.41) is 11.4. The number of non-ortho nitro benzene ring substituents is 1.